The summed E-state index contributed by atoms with van der Waals surface area (Å²) >= 11 is 0. The Morgan fingerprint density at radius 2 is 1.62 bits per heavy atom. The summed E-state index contributed by atoms with van der Waals surface area (Å²) < 4.78 is 27.1. The summed E-state index contributed by atoms with van der Waals surface area (Å²) in [6.45, 7) is 0.343. The fourth-order valence-corrected chi connectivity index (χ4v) is 3.30. The smallest absolute Gasteiger partial charge is 0.158 e. The van der Waals surface area contributed by atoms with Crippen LogP contribution in [0, 0.1) is 0 Å². The van der Waals surface area contributed by atoms with Crippen LogP contribution in [0.4, 0.5) is 0 Å². The predicted octanol–water partition coefficient (Wildman–Crippen LogP) is 5.07. The minimum atomic E-state index is -2.18. The summed E-state index contributed by atoms with van der Waals surface area (Å²) in [5, 5.41) is 22.3. The van der Waals surface area contributed by atoms with Gasteiger partial charge < -0.3 is 20.3 Å². The lowest BCUT2D eigenvalue weighted by Gasteiger charge is -2.17. The molecule has 0 unspecified atom stereocenters. The number of phenols is 2. The van der Waals surface area contributed by atoms with Gasteiger partial charge in [0.05, 0.1) is 0 Å². The summed E-state index contributed by atoms with van der Waals surface area (Å²) in [6.07, 6.45) is 0.764. The average molecular weight is 393 g/mol. The van der Waals surface area contributed by atoms with Gasteiger partial charge in [0.2, 0.25) is 0 Å². The molecule has 0 bridgehead atoms. The van der Waals surface area contributed by atoms with E-state index in [9.17, 15) is 10.2 Å². The van der Waals surface area contributed by atoms with E-state index in [0.29, 0.717) is 5.75 Å². The summed E-state index contributed by atoms with van der Waals surface area (Å²) in [7, 11) is 0. The molecule has 0 aromatic heterocycles. The molecule has 0 aliphatic rings. The Morgan fingerprint density at radius 1 is 0.897 bits per heavy atom. The standard InChI is InChI=1S/C25H27NO3/c1-3-22(18-7-5-4-6-8-18)25(20-11-14-23(27)24(28)17-20)19-9-12-21(13-10-19)29-16-15-26-2/h4-14,17,26-28H,3,15-16H2,1-2H3/b25-22+/i2D3. The van der Waals surface area contributed by atoms with Crippen LogP contribution in [0.2, 0.25) is 0 Å². The fraction of sp³-hybridized carbons (Fsp3) is 0.200. The lowest BCUT2D eigenvalue weighted by atomic mass is 9.88. The molecule has 3 N–H and O–H groups in total. The molecular formula is C25H27NO3. The van der Waals surface area contributed by atoms with Crippen molar-refractivity contribution in [1.29, 1.82) is 0 Å². The van der Waals surface area contributed by atoms with Gasteiger partial charge in [-0.3, -0.25) is 0 Å². The first kappa shape index (κ1) is 16.7. The molecule has 0 saturated heterocycles. The van der Waals surface area contributed by atoms with Gasteiger partial charge in [0.25, 0.3) is 0 Å². The summed E-state index contributed by atoms with van der Waals surface area (Å²) in [5.41, 5.74) is 4.85. The van der Waals surface area contributed by atoms with Gasteiger partial charge in [0.1, 0.15) is 12.4 Å². The highest BCUT2D eigenvalue weighted by atomic mass is 16.5. The second kappa shape index (κ2) is 9.80. The molecule has 3 aromatic carbocycles. The monoisotopic (exact) mass is 392 g/mol. The van der Waals surface area contributed by atoms with Crippen LogP contribution in [0.25, 0.3) is 11.1 Å². The highest BCUT2D eigenvalue weighted by Crippen LogP contribution is 2.37. The van der Waals surface area contributed by atoms with Crippen LogP contribution in [0.3, 0.4) is 0 Å². The van der Waals surface area contributed by atoms with Gasteiger partial charge in [-0.15, -0.1) is 0 Å². The zero-order chi connectivity index (χ0) is 23.1. The number of ether oxygens (including phenoxy) is 1. The minimum Gasteiger partial charge on any atom is -0.504 e. The molecule has 3 rings (SSSR count). The van der Waals surface area contributed by atoms with Gasteiger partial charge in [-0.25, -0.2) is 0 Å². The predicted molar refractivity (Wildman–Crippen MR) is 118 cm³/mol. The molecule has 0 radical (unpaired) electrons. The van der Waals surface area contributed by atoms with Gasteiger partial charge in [-0.05, 0) is 65.5 Å². The van der Waals surface area contributed by atoms with Crippen LogP contribution in [-0.2, 0) is 0 Å². The zero-order valence-electron chi connectivity index (χ0n) is 19.4. The molecule has 0 aliphatic heterocycles. The van der Waals surface area contributed by atoms with Crippen LogP contribution < -0.4 is 10.1 Å². The Hall–Kier alpha value is -3.24. The zero-order valence-corrected chi connectivity index (χ0v) is 16.4. The Labute approximate surface area is 176 Å². The van der Waals surface area contributed by atoms with Crippen molar-refractivity contribution in [2.45, 2.75) is 13.3 Å². The van der Waals surface area contributed by atoms with Crippen LogP contribution in [0.5, 0.6) is 17.2 Å². The van der Waals surface area contributed by atoms with E-state index in [4.69, 9.17) is 8.85 Å². The van der Waals surface area contributed by atoms with E-state index in [1.807, 2.05) is 42.5 Å². The van der Waals surface area contributed by atoms with Crippen LogP contribution in [-0.4, -0.2) is 30.3 Å². The summed E-state index contributed by atoms with van der Waals surface area (Å²) in [5.74, 6) is 0.289. The van der Waals surface area contributed by atoms with E-state index in [1.165, 1.54) is 6.07 Å². The van der Waals surface area contributed by atoms with E-state index in [2.05, 4.69) is 24.4 Å². The number of allylic oxidation sites excluding steroid dienone is 1. The number of aromatic hydroxyl groups is 2. The fourth-order valence-electron chi connectivity index (χ4n) is 3.30. The van der Waals surface area contributed by atoms with Gasteiger partial charge in [0, 0.05) is 10.7 Å². The maximum absolute atomic E-state index is 10.1. The number of likely N-dealkylation sites (N-methyl/N-ethyl adjacent to an activating group) is 1. The SMILES string of the molecule is [2H]C([2H])([2H])NCCOc1ccc(/C(=C(/CC)c2ccccc2)c2ccc(O)c(O)c2)cc1. The van der Waals surface area contributed by atoms with Crippen LogP contribution >= 0.6 is 0 Å². The second-order valence-electron chi connectivity index (χ2n) is 6.58. The van der Waals surface area contributed by atoms with Crippen molar-refractivity contribution in [3.8, 4) is 17.2 Å². The van der Waals surface area contributed by atoms with Crippen molar-refractivity contribution in [2.75, 3.05) is 20.1 Å². The molecule has 0 aliphatic carbocycles. The molecular weight excluding hydrogens is 362 g/mol. The van der Waals surface area contributed by atoms with E-state index in [1.54, 1.807) is 12.1 Å². The van der Waals surface area contributed by atoms with Crippen LogP contribution in [0.15, 0.2) is 72.8 Å². The minimum absolute atomic E-state index is 0.166. The molecule has 0 heterocycles. The maximum Gasteiger partial charge on any atom is 0.158 e. The third-order valence-electron chi connectivity index (χ3n) is 4.68. The largest absolute Gasteiger partial charge is 0.504 e. The van der Waals surface area contributed by atoms with Gasteiger partial charge in [0.15, 0.2) is 11.5 Å². The highest BCUT2D eigenvalue weighted by Gasteiger charge is 2.15. The molecule has 0 amide bonds. The number of rotatable bonds is 8. The second-order valence-corrected chi connectivity index (χ2v) is 6.58. The first-order valence-corrected chi connectivity index (χ1v) is 9.57. The van der Waals surface area contributed by atoms with Crippen LogP contribution in [0.1, 0.15) is 34.1 Å². The Kier molecular flexibility index (Phi) is 5.64. The Morgan fingerprint density at radius 3 is 2.28 bits per heavy atom. The maximum atomic E-state index is 10.1. The molecule has 29 heavy (non-hydrogen) atoms. The molecule has 4 heteroatoms. The van der Waals surface area contributed by atoms with Crippen molar-refractivity contribution in [2.24, 2.45) is 0 Å². The Bertz CT molecular complexity index is 1060. The lowest BCUT2D eigenvalue weighted by molar-refractivity contribution is 0.318. The summed E-state index contributed by atoms with van der Waals surface area (Å²) in [6, 6.07) is 22.4. The summed E-state index contributed by atoms with van der Waals surface area (Å²) in [4.78, 5) is 0. The van der Waals surface area contributed by atoms with Crippen molar-refractivity contribution in [3.63, 3.8) is 0 Å². The first-order chi connectivity index (χ1) is 15.3. The van der Waals surface area contributed by atoms with Crippen molar-refractivity contribution < 1.29 is 19.1 Å². The van der Waals surface area contributed by atoms with E-state index < -0.39 is 6.98 Å². The number of hydrogen-bond acceptors (Lipinski definition) is 4. The normalized spacial score (nSPS) is 13.8. The molecule has 0 spiro atoms. The van der Waals surface area contributed by atoms with E-state index >= 15 is 0 Å². The van der Waals surface area contributed by atoms with Gasteiger partial charge >= 0.3 is 0 Å². The molecule has 0 atom stereocenters. The topological polar surface area (TPSA) is 61.7 Å². The molecule has 150 valence electrons. The molecule has 3 aromatic rings. The lowest BCUT2D eigenvalue weighted by Crippen LogP contribution is -2.15. The van der Waals surface area contributed by atoms with Crippen molar-refractivity contribution >= 4 is 11.1 Å². The quantitative estimate of drug-likeness (QED) is 0.285. The molecule has 0 fully saturated rings. The average Bonchev–Trinajstić information content (AvgIpc) is 2.77. The Balaban J connectivity index is 1.95. The van der Waals surface area contributed by atoms with Gasteiger partial charge in [-0.2, -0.15) is 0 Å². The van der Waals surface area contributed by atoms with Crippen molar-refractivity contribution in [3.05, 3.63) is 89.5 Å². The number of benzene rings is 3. The number of phenolic OH excluding ortho intramolecular Hbond substituents is 2. The van der Waals surface area contributed by atoms with Crippen molar-refractivity contribution in [1.82, 2.24) is 5.32 Å². The van der Waals surface area contributed by atoms with Gasteiger partial charge in [-0.1, -0.05) is 55.5 Å². The van der Waals surface area contributed by atoms with E-state index in [-0.39, 0.29) is 24.7 Å². The van der Waals surface area contributed by atoms with E-state index in [0.717, 1.165) is 34.3 Å². The molecule has 4 nitrogen and oxygen atoms in total. The number of hydrogen-bond donors (Lipinski definition) is 3. The first-order valence-electron chi connectivity index (χ1n) is 11.1. The third kappa shape index (κ3) is 4.98. The highest BCUT2D eigenvalue weighted by molar-refractivity contribution is 5.98. The number of nitrogens with one attached hydrogen (secondary N) is 1. The third-order valence-corrected chi connectivity index (χ3v) is 4.68. The molecule has 0 saturated carbocycles.